The summed E-state index contributed by atoms with van der Waals surface area (Å²) in [6.45, 7) is 2.54. The lowest BCUT2D eigenvalue weighted by molar-refractivity contribution is 0.0467. The van der Waals surface area contributed by atoms with Gasteiger partial charge in [0.25, 0.3) is 5.91 Å². The van der Waals surface area contributed by atoms with Gasteiger partial charge in [-0.25, -0.2) is 9.97 Å². The Morgan fingerprint density at radius 1 is 1.09 bits per heavy atom. The number of nitrogens with one attached hydrogen (secondary N) is 2. The largest absolute Gasteiger partial charge is 0.375 e. The number of hydrogen-bond acceptors (Lipinski definition) is 7. The number of amides is 1. The van der Waals surface area contributed by atoms with E-state index in [1.54, 1.807) is 18.6 Å². The molecule has 0 atom stereocenters. The van der Waals surface area contributed by atoms with Crippen LogP contribution >= 0.6 is 0 Å². The zero-order chi connectivity index (χ0) is 21.8. The molecule has 9 nitrogen and oxygen atoms in total. The van der Waals surface area contributed by atoms with Gasteiger partial charge in [-0.3, -0.25) is 4.79 Å². The van der Waals surface area contributed by atoms with Gasteiger partial charge in [0.05, 0.1) is 31.8 Å². The van der Waals surface area contributed by atoms with E-state index in [2.05, 4.69) is 55.0 Å². The minimum absolute atomic E-state index is 0.0562. The smallest absolute Gasteiger partial charge is 0.274 e. The number of rotatable bonds is 7. The molecular weight excluding hydrogens is 406 g/mol. The molecule has 2 aromatic heterocycles. The lowest BCUT2D eigenvalue weighted by Gasteiger charge is -2.31. The minimum Gasteiger partial charge on any atom is -0.375 e. The number of carbonyl (C=O) groups excluding carboxylic acids is 1. The van der Waals surface area contributed by atoms with Crippen LogP contribution in [0.25, 0.3) is 0 Å². The van der Waals surface area contributed by atoms with E-state index in [4.69, 9.17) is 4.74 Å². The fraction of sp³-hybridized carbons (Fsp3) is 0.435. The second-order valence-electron chi connectivity index (χ2n) is 8.52. The molecule has 2 N–H and O–H groups in total. The third kappa shape index (κ3) is 4.77. The number of benzene rings is 1. The number of ether oxygens (including phenoxy) is 1. The molecule has 0 bridgehead atoms. The van der Waals surface area contributed by atoms with E-state index in [1.165, 1.54) is 11.1 Å². The summed E-state index contributed by atoms with van der Waals surface area (Å²) in [5, 5.41) is 13.8. The number of aromatic amines is 1. The molecule has 1 amide bonds. The van der Waals surface area contributed by atoms with Gasteiger partial charge in [0.1, 0.15) is 17.2 Å². The topological polar surface area (TPSA) is 109 Å². The van der Waals surface area contributed by atoms with Gasteiger partial charge >= 0.3 is 0 Å². The highest BCUT2D eigenvalue weighted by molar-refractivity contribution is 5.92. The van der Waals surface area contributed by atoms with Crippen LogP contribution in [0.1, 0.15) is 40.2 Å². The molecule has 1 fully saturated rings. The Labute approximate surface area is 186 Å². The summed E-state index contributed by atoms with van der Waals surface area (Å²) in [4.78, 5) is 23.5. The molecule has 5 rings (SSSR count). The molecule has 3 heterocycles. The Bertz CT molecular complexity index is 1010. The minimum atomic E-state index is -0.0562. The molecular formula is C23H27N7O2. The molecule has 0 radical (unpaired) electrons. The van der Waals surface area contributed by atoms with Gasteiger partial charge in [0, 0.05) is 19.1 Å². The van der Waals surface area contributed by atoms with E-state index in [0.717, 1.165) is 31.4 Å². The molecule has 2 aliphatic rings. The summed E-state index contributed by atoms with van der Waals surface area (Å²) in [6.07, 6.45) is 8.71. The molecule has 0 spiro atoms. The number of H-pyrrole nitrogens is 1. The van der Waals surface area contributed by atoms with Crippen LogP contribution in [0.3, 0.4) is 0 Å². The third-order valence-electron chi connectivity index (χ3n) is 6.24. The van der Waals surface area contributed by atoms with Crippen LogP contribution in [0.5, 0.6) is 0 Å². The zero-order valence-corrected chi connectivity index (χ0v) is 17.9. The molecule has 3 aromatic rings. The van der Waals surface area contributed by atoms with E-state index in [0.29, 0.717) is 49.8 Å². The van der Waals surface area contributed by atoms with Crippen molar-refractivity contribution in [1.82, 2.24) is 30.3 Å². The van der Waals surface area contributed by atoms with Gasteiger partial charge in [-0.2, -0.15) is 15.4 Å². The maximum Gasteiger partial charge on any atom is 0.274 e. The molecule has 1 saturated heterocycles. The summed E-state index contributed by atoms with van der Waals surface area (Å²) in [5.41, 5.74) is 3.96. The van der Waals surface area contributed by atoms with Crippen LogP contribution in [0.15, 0.2) is 42.9 Å². The maximum absolute atomic E-state index is 12.8. The number of nitrogens with zero attached hydrogens (tertiary/aromatic N) is 5. The second-order valence-corrected chi connectivity index (χ2v) is 8.52. The standard InChI is InChI=1S/C23H27N7O2/c31-23(30-7-5-16(6-8-30)14-32-15-20-11-26-29-28-20)21-12-25-22(13-24-21)27-19-9-17-3-1-2-4-18(17)10-19/h1-4,11-13,16,19H,5-10,14-15H2,(H,25,27)(H,26,28,29). The molecule has 1 aromatic carbocycles. The Kier molecular flexibility index (Phi) is 6.06. The van der Waals surface area contributed by atoms with Crippen molar-refractivity contribution in [2.45, 2.75) is 38.3 Å². The lowest BCUT2D eigenvalue weighted by atomic mass is 9.97. The summed E-state index contributed by atoms with van der Waals surface area (Å²) < 4.78 is 5.73. The number of piperidine rings is 1. The molecule has 9 heteroatoms. The van der Waals surface area contributed by atoms with Crippen LogP contribution < -0.4 is 5.32 Å². The van der Waals surface area contributed by atoms with Crippen molar-refractivity contribution in [2.75, 3.05) is 25.0 Å². The van der Waals surface area contributed by atoms with Crippen LogP contribution in [-0.4, -0.2) is 61.9 Å². The summed E-state index contributed by atoms with van der Waals surface area (Å²) in [5.74, 6) is 1.10. The molecule has 166 valence electrons. The Hall–Kier alpha value is -3.33. The van der Waals surface area contributed by atoms with Crippen molar-refractivity contribution >= 4 is 11.7 Å². The first-order valence-corrected chi connectivity index (χ1v) is 11.1. The molecule has 1 aliphatic carbocycles. The highest BCUT2D eigenvalue weighted by Crippen LogP contribution is 2.24. The molecule has 0 saturated carbocycles. The highest BCUT2D eigenvalue weighted by atomic mass is 16.5. The number of aromatic nitrogens is 5. The summed E-state index contributed by atoms with van der Waals surface area (Å²) >= 11 is 0. The van der Waals surface area contributed by atoms with Gasteiger partial charge < -0.3 is 15.0 Å². The van der Waals surface area contributed by atoms with Crippen molar-refractivity contribution < 1.29 is 9.53 Å². The lowest BCUT2D eigenvalue weighted by Crippen LogP contribution is -2.39. The quantitative estimate of drug-likeness (QED) is 0.588. The Balaban J connectivity index is 1.07. The normalized spacial score (nSPS) is 16.8. The van der Waals surface area contributed by atoms with Crippen LogP contribution in [-0.2, 0) is 24.2 Å². The van der Waals surface area contributed by atoms with Gasteiger partial charge in [-0.15, -0.1) is 0 Å². The molecule has 0 unspecified atom stereocenters. The first kappa shape index (κ1) is 20.6. The maximum atomic E-state index is 12.8. The second kappa shape index (κ2) is 9.44. The van der Waals surface area contributed by atoms with Crippen LogP contribution in [0.4, 0.5) is 5.82 Å². The van der Waals surface area contributed by atoms with Crippen molar-refractivity contribution in [2.24, 2.45) is 5.92 Å². The monoisotopic (exact) mass is 433 g/mol. The summed E-state index contributed by atoms with van der Waals surface area (Å²) in [6, 6.07) is 8.83. The SMILES string of the molecule is O=C(c1cnc(NC2Cc3ccccc3C2)cn1)N1CCC(COCc2cn[nH]n2)CC1. The van der Waals surface area contributed by atoms with E-state index in [-0.39, 0.29) is 5.91 Å². The third-order valence-corrected chi connectivity index (χ3v) is 6.24. The van der Waals surface area contributed by atoms with E-state index < -0.39 is 0 Å². The van der Waals surface area contributed by atoms with E-state index >= 15 is 0 Å². The van der Waals surface area contributed by atoms with E-state index in [1.807, 2.05) is 4.90 Å². The fourth-order valence-corrected chi connectivity index (χ4v) is 4.47. The van der Waals surface area contributed by atoms with Gasteiger partial charge in [0.2, 0.25) is 0 Å². The summed E-state index contributed by atoms with van der Waals surface area (Å²) in [7, 11) is 0. The first-order chi connectivity index (χ1) is 15.7. The number of anilines is 1. The fourth-order valence-electron chi connectivity index (χ4n) is 4.47. The van der Waals surface area contributed by atoms with Crippen LogP contribution in [0, 0.1) is 5.92 Å². The van der Waals surface area contributed by atoms with Crippen molar-refractivity contribution in [3.05, 3.63) is 65.4 Å². The van der Waals surface area contributed by atoms with Crippen molar-refractivity contribution in [3.8, 4) is 0 Å². The predicted molar refractivity (Wildman–Crippen MR) is 118 cm³/mol. The zero-order valence-electron chi connectivity index (χ0n) is 17.9. The van der Waals surface area contributed by atoms with Gasteiger partial charge in [-0.1, -0.05) is 24.3 Å². The first-order valence-electron chi connectivity index (χ1n) is 11.1. The van der Waals surface area contributed by atoms with Crippen molar-refractivity contribution in [1.29, 1.82) is 0 Å². The molecule has 32 heavy (non-hydrogen) atoms. The van der Waals surface area contributed by atoms with Crippen molar-refractivity contribution in [3.63, 3.8) is 0 Å². The highest BCUT2D eigenvalue weighted by Gasteiger charge is 2.25. The van der Waals surface area contributed by atoms with Gasteiger partial charge in [0.15, 0.2) is 0 Å². The van der Waals surface area contributed by atoms with Crippen LogP contribution in [0.2, 0.25) is 0 Å². The Morgan fingerprint density at radius 3 is 2.53 bits per heavy atom. The Morgan fingerprint density at radius 2 is 1.88 bits per heavy atom. The van der Waals surface area contributed by atoms with Gasteiger partial charge in [-0.05, 0) is 42.7 Å². The number of likely N-dealkylation sites (tertiary alicyclic amines) is 1. The number of hydrogen-bond donors (Lipinski definition) is 2. The average molecular weight is 434 g/mol. The number of carbonyl (C=O) groups is 1. The predicted octanol–water partition coefficient (Wildman–Crippen LogP) is 2.24. The molecule has 1 aliphatic heterocycles. The number of fused-ring (bicyclic) bond motifs is 1. The van der Waals surface area contributed by atoms with E-state index in [9.17, 15) is 4.79 Å². The average Bonchev–Trinajstić information content (AvgIpc) is 3.49.